The van der Waals surface area contributed by atoms with Gasteiger partial charge in [-0.15, -0.1) is 22.7 Å². The molecule has 5 nitrogen and oxygen atoms in total. The fourth-order valence-electron chi connectivity index (χ4n) is 2.09. The summed E-state index contributed by atoms with van der Waals surface area (Å²) in [7, 11) is 1.63. The Labute approximate surface area is 154 Å². The number of nitrogens with one attached hydrogen (secondary N) is 1. The minimum Gasteiger partial charge on any atom is -0.497 e. The number of rotatable bonds is 6. The van der Waals surface area contributed by atoms with E-state index in [0.29, 0.717) is 16.6 Å². The smallest absolute Gasteiger partial charge is 0.267 e. The molecule has 0 aliphatic carbocycles. The minimum atomic E-state index is -0.144. The molecule has 2 heterocycles. The second-order valence-electron chi connectivity index (χ2n) is 5.40. The molecule has 0 bridgehead atoms. The van der Waals surface area contributed by atoms with Crippen LogP contribution in [-0.2, 0) is 6.61 Å². The third-order valence-corrected chi connectivity index (χ3v) is 5.56. The van der Waals surface area contributed by atoms with Crippen LogP contribution in [0.3, 0.4) is 0 Å². The molecule has 0 saturated carbocycles. The Kier molecular flexibility index (Phi) is 5.35. The summed E-state index contributed by atoms with van der Waals surface area (Å²) in [6, 6.07) is 9.24. The van der Waals surface area contributed by atoms with Gasteiger partial charge in [-0.2, -0.15) is 0 Å². The van der Waals surface area contributed by atoms with Crippen LogP contribution in [-0.4, -0.2) is 18.0 Å². The Balaban J connectivity index is 1.58. The Hall–Kier alpha value is -2.38. The fraction of sp³-hybridized carbons (Fsp3) is 0.222. The number of thiophene rings is 1. The normalized spacial score (nSPS) is 10.5. The number of carbonyl (C=O) groups is 1. The third kappa shape index (κ3) is 4.37. The fourth-order valence-corrected chi connectivity index (χ4v) is 3.70. The van der Waals surface area contributed by atoms with Gasteiger partial charge in [0.2, 0.25) is 0 Å². The quantitative estimate of drug-likeness (QED) is 0.682. The van der Waals surface area contributed by atoms with E-state index in [0.717, 1.165) is 27.6 Å². The van der Waals surface area contributed by atoms with Crippen molar-refractivity contribution in [1.82, 2.24) is 4.98 Å². The molecule has 1 N–H and O–H groups in total. The Morgan fingerprint density at radius 1 is 1.20 bits per heavy atom. The Bertz CT molecular complexity index is 849. The molecule has 0 aliphatic rings. The van der Waals surface area contributed by atoms with Crippen molar-refractivity contribution in [3.05, 3.63) is 56.7 Å². The van der Waals surface area contributed by atoms with Crippen molar-refractivity contribution in [2.24, 2.45) is 0 Å². The number of ether oxygens (including phenoxy) is 2. The lowest BCUT2D eigenvalue weighted by Crippen LogP contribution is -2.09. The van der Waals surface area contributed by atoms with E-state index in [-0.39, 0.29) is 5.91 Å². The highest BCUT2D eigenvalue weighted by molar-refractivity contribution is 7.16. The van der Waals surface area contributed by atoms with Gasteiger partial charge in [0.15, 0.2) is 5.13 Å². The third-order valence-electron chi connectivity index (χ3n) is 3.59. The predicted octanol–water partition coefficient (Wildman–Crippen LogP) is 4.66. The summed E-state index contributed by atoms with van der Waals surface area (Å²) in [6.07, 6.45) is 0. The van der Waals surface area contributed by atoms with Crippen molar-refractivity contribution in [3.8, 4) is 11.5 Å². The standard InChI is InChI=1S/C18H18N2O3S2/c1-11-12(2)25-18(19-11)20-17(21)16-8-13(10-24-16)9-23-15-6-4-14(22-3)5-7-15/h4-8,10H,9H2,1-3H3,(H,19,20,21). The maximum atomic E-state index is 12.3. The van der Waals surface area contributed by atoms with Crippen LogP contribution in [0, 0.1) is 13.8 Å². The van der Waals surface area contributed by atoms with Crippen molar-refractivity contribution in [3.63, 3.8) is 0 Å². The van der Waals surface area contributed by atoms with Crippen LogP contribution in [0.2, 0.25) is 0 Å². The number of aromatic nitrogens is 1. The predicted molar refractivity (Wildman–Crippen MR) is 101 cm³/mol. The molecule has 0 atom stereocenters. The number of nitrogens with zero attached hydrogens (tertiary/aromatic N) is 1. The van der Waals surface area contributed by atoms with Crippen LogP contribution in [0.1, 0.15) is 25.8 Å². The zero-order valence-electron chi connectivity index (χ0n) is 14.2. The average Bonchev–Trinajstić information content (AvgIpc) is 3.20. The van der Waals surface area contributed by atoms with Crippen LogP contribution in [0.4, 0.5) is 5.13 Å². The van der Waals surface area contributed by atoms with Gasteiger partial charge in [-0.3, -0.25) is 10.1 Å². The molecule has 3 aromatic rings. The lowest BCUT2D eigenvalue weighted by molar-refractivity contribution is 0.103. The van der Waals surface area contributed by atoms with Crippen LogP contribution in [0.5, 0.6) is 11.5 Å². The summed E-state index contributed by atoms with van der Waals surface area (Å²) in [5, 5.41) is 5.40. The van der Waals surface area contributed by atoms with E-state index in [2.05, 4.69) is 10.3 Å². The van der Waals surface area contributed by atoms with E-state index < -0.39 is 0 Å². The molecule has 2 aromatic heterocycles. The molecule has 0 fully saturated rings. The first kappa shape index (κ1) is 17.4. The highest BCUT2D eigenvalue weighted by atomic mass is 32.1. The number of methoxy groups -OCH3 is 1. The molecule has 0 aliphatic heterocycles. The van der Waals surface area contributed by atoms with E-state index in [1.54, 1.807) is 7.11 Å². The highest BCUT2D eigenvalue weighted by Crippen LogP contribution is 2.24. The lowest BCUT2D eigenvalue weighted by atomic mass is 10.3. The first-order valence-corrected chi connectivity index (χ1v) is 9.34. The van der Waals surface area contributed by atoms with Gasteiger partial charge in [-0.1, -0.05) is 0 Å². The van der Waals surface area contributed by atoms with E-state index in [9.17, 15) is 4.79 Å². The van der Waals surface area contributed by atoms with Gasteiger partial charge in [-0.05, 0) is 49.6 Å². The second kappa shape index (κ2) is 7.67. The number of carbonyl (C=O) groups excluding carboxylic acids is 1. The number of hydrogen-bond donors (Lipinski definition) is 1. The van der Waals surface area contributed by atoms with Gasteiger partial charge in [-0.25, -0.2) is 4.98 Å². The summed E-state index contributed by atoms with van der Waals surface area (Å²) in [4.78, 5) is 18.4. The average molecular weight is 374 g/mol. The molecule has 130 valence electrons. The molecule has 0 saturated heterocycles. The highest BCUT2D eigenvalue weighted by Gasteiger charge is 2.12. The lowest BCUT2D eigenvalue weighted by Gasteiger charge is -2.05. The van der Waals surface area contributed by atoms with Gasteiger partial charge in [0.05, 0.1) is 17.7 Å². The minimum absolute atomic E-state index is 0.144. The second-order valence-corrected chi connectivity index (χ2v) is 7.51. The van der Waals surface area contributed by atoms with Crippen LogP contribution < -0.4 is 14.8 Å². The van der Waals surface area contributed by atoms with Gasteiger partial charge in [0.1, 0.15) is 18.1 Å². The molecule has 7 heteroatoms. The number of hydrogen-bond acceptors (Lipinski definition) is 6. The molecule has 0 spiro atoms. The summed E-state index contributed by atoms with van der Waals surface area (Å²) in [5.74, 6) is 1.40. The van der Waals surface area contributed by atoms with Gasteiger partial charge in [0.25, 0.3) is 5.91 Å². The number of thiazole rings is 1. The number of amides is 1. The molecule has 3 rings (SSSR count). The summed E-state index contributed by atoms with van der Waals surface area (Å²) < 4.78 is 10.8. The summed E-state index contributed by atoms with van der Waals surface area (Å²) in [5.41, 5.74) is 1.90. The SMILES string of the molecule is COc1ccc(OCc2csc(C(=O)Nc3nc(C)c(C)s3)c2)cc1. The maximum absolute atomic E-state index is 12.3. The number of aryl methyl sites for hydroxylation is 2. The van der Waals surface area contributed by atoms with E-state index in [4.69, 9.17) is 9.47 Å². The van der Waals surface area contributed by atoms with Gasteiger partial charge < -0.3 is 9.47 Å². The molecular weight excluding hydrogens is 356 g/mol. The van der Waals surface area contributed by atoms with Gasteiger partial charge in [0, 0.05) is 10.4 Å². The first-order chi connectivity index (χ1) is 12.0. The van der Waals surface area contributed by atoms with Crippen molar-refractivity contribution in [2.45, 2.75) is 20.5 Å². The molecular formula is C18H18N2O3S2. The zero-order chi connectivity index (χ0) is 17.8. The summed E-state index contributed by atoms with van der Waals surface area (Å²) in [6.45, 7) is 4.33. The zero-order valence-corrected chi connectivity index (χ0v) is 15.8. The first-order valence-electron chi connectivity index (χ1n) is 7.65. The topological polar surface area (TPSA) is 60.5 Å². The van der Waals surface area contributed by atoms with Crippen LogP contribution in [0.25, 0.3) is 0 Å². The molecule has 1 amide bonds. The summed E-state index contributed by atoms with van der Waals surface area (Å²) >= 11 is 2.88. The van der Waals surface area contributed by atoms with Crippen molar-refractivity contribution >= 4 is 33.7 Å². The monoisotopic (exact) mass is 374 g/mol. The number of anilines is 1. The van der Waals surface area contributed by atoms with Gasteiger partial charge >= 0.3 is 0 Å². The van der Waals surface area contributed by atoms with Crippen LogP contribution in [0.15, 0.2) is 35.7 Å². The maximum Gasteiger partial charge on any atom is 0.267 e. The molecule has 0 radical (unpaired) electrons. The number of benzene rings is 1. The van der Waals surface area contributed by atoms with E-state index in [1.165, 1.54) is 22.7 Å². The van der Waals surface area contributed by atoms with E-state index >= 15 is 0 Å². The van der Waals surface area contributed by atoms with Crippen molar-refractivity contribution in [2.75, 3.05) is 12.4 Å². The van der Waals surface area contributed by atoms with Crippen molar-refractivity contribution < 1.29 is 14.3 Å². The molecule has 25 heavy (non-hydrogen) atoms. The van der Waals surface area contributed by atoms with Crippen molar-refractivity contribution in [1.29, 1.82) is 0 Å². The van der Waals surface area contributed by atoms with Crippen LogP contribution >= 0.6 is 22.7 Å². The Morgan fingerprint density at radius 3 is 2.56 bits per heavy atom. The Morgan fingerprint density at radius 2 is 1.92 bits per heavy atom. The largest absolute Gasteiger partial charge is 0.497 e. The molecule has 1 aromatic carbocycles. The van der Waals surface area contributed by atoms with E-state index in [1.807, 2.05) is 49.6 Å². The molecule has 0 unspecified atom stereocenters.